The highest BCUT2D eigenvalue weighted by atomic mass is 16.2. The molecule has 3 rings (SSSR count). The summed E-state index contributed by atoms with van der Waals surface area (Å²) < 4.78 is 1.85. The third-order valence-electron chi connectivity index (χ3n) is 4.89. The van der Waals surface area contributed by atoms with Crippen LogP contribution in [0.5, 0.6) is 0 Å². The number of benzene rings is 2. The lowest BCUT2D eigenvalue weighted by Gasteiger charge is -2.16. The molecule has 29 heavy (non-hydrogen) atoms. The SMILES string of the molecule is Cc1ccc(C(=O)NCC(=O)N(C)Cc2cnn(Cc3ccccc3)c2)cc1C. The van der Waals surface area contributed by atoms with Crippen molar-refractivity contribution in [2.75, 3.05) is 13.6 Å². The van der Waals surface area contributed by atoms with Crippen molar-refractivity contribution in [2.24, 2.45) is 0 Å². The van der Waals surface area contributed by atoms with Crippen LogP contribution in [0.2, 0.25) is 0 Å². The maximum Gasteiger partial charge on any atom is 0.251 e. The van der Waals surface area contributed by atoms with Gasteiger partial charge in [0.25, 0.3) is 5.91 Å². The van der Waals surface area contributed by atoms with Crippen LogP contribution in [-0.4, -0.2) is 40.1 Å². The predicted molar refractivity (Wildman–Crippen MR) is 112 cm³/mol. The number of hydrogen-bond acceptors (Lipinski definition) is 3. The quantitative estimate of drug-likeness (QED) is 0.674. The first-order chi connectivity index (χ1) is 13.9. The molecule has 0 saturated carbocycles. The molecular formula is C23H26N4O2. The zero-order valence-corrected chi connectivity index (χ0v) is 17.1. The van der Waals surface area contributed by atoms with Gasteiger partial charge in [-0.1, -0.05) is 36.4 Å². The van der Waals surface area contributed by atoms with Crippen molar-refractivity contribution in [3.63, 3.8) is 0 Å². The fourth-order valence-electron chi connectivity index (χ4n) is 2.98. The van der Waals surface area contributed by atoms with Crippen molar-refractivity contribution in [1.29, 1.82) is 0 Å². The average Bonchev–Trinajstić information content (AvgIpc) is 3.15. The Bertz CT molecular complexity index is 995. The Balaban J connectivity index is 1.50. The van der Waals surface area contributed by atoms with Gasteiger partial charge in [0.1, 0.15) is 0 Å². The van der Waals surface area contributed by atoms with E-state index in [1.807, 2.05) is 55.1 Å². The number of carbonyl (C=O) groups excluding carboxylic acids is 2. The Labute approximate surface area is 171 Å². The molecule has 0 aliphatic rings. The first kappa shape index (κ1) is 20.3. The molecule has 0 aliphatic carbocycles. The number of nitrogens with one attached hydrogen (secondary N) is 1. The van der Waals surface area contributed by atoms with Gasteiger partial charge in [0.2, 0.25) is 5.91 Å². The zero-order chi connectivity index (χ0) is 20.8. The molecule has 1 aromatic heterocycles. The fourth-order valence-corrected chi connectivity index (χ4v) is 2.98. The number of carbonyl (C=O) groups is 2. The Morgan fingerprint density at radius 1 is 1.03 bits per heavy atom. The number of nitrogens with zero attached hydrogens (tertiary/aromatic N) is 3. The van der Waals surface area contributed by atoms with E-state index in [-0.39, 0.29) is 18.4 Å². The smallest absolute Gasteiger partial charge is 0.251 e. The molecule has 1 N–H and O–H groups in total. The van der Waals surface area contributed by atoms with Gasteiger partial charge in [-0.3, -0.25) is 14.3 Å². The summed E-state index contributed by atoms with van der Waals surface area (Å²) >= 11 is 0. The highest BCUT2D eigenvalue weighted by Crippen LogP contribution is 2.10. The number of aromatic nitrogens is 2. The molecule has 0 unspecified atom stereocenters. The summed E-state index contributed by atoms with van der Waals surface area (Å²) in [7, 11) is 1.72. The van der Waals surface area contributed by atoms with Crippen LogP contribution in [0, 0.1) is 13.8 Å². The van der Waals surface area contributed by atoms with Crippen molar-refractivity contribution in [2.45, 2.75) is 26.9 Å². The van der Waals surface area contributed by atoms with Gasteiger partial charge in [0.15, 0.2) is 0 Å². The second kappa shape index (κ2) is 9.19. The number of likely N-dealkylation sites (N-methyl/N-ethyl adjacent to an activating group) is 1. The summed E-state index contributed by atoms with van der Waals surface area (Å²) in [5, 5.41) is 7.06. The van der Waals surface area contributed by atoms with E-state index < -0.39 is 0 Å². The van der Waals surface area contributed by atoms with E-state index in [1.165, 1.54) is 5.56 Å². The van der Waals surface area contributed by atoms with Crippen molar-refractivity contribution in [3.05, 3.63) is 88.7 Å². The Kier molecular flexibility index (Phi) is 6.44. The summed E-state index contributed by atoms with van der Waals surface area (Å²) in [5.74, 6) is -0.400. The van der Waals surface area contributed by atoms with Gasteiger partial charge >= 0.3 is 0 Å². The highest BCUT2D eigenvalue weighted by Gasteiger charge is 2.13. The first-order valence-corrected chi connectivity index (χ1v) is 9.57. The van der Waals surface area contributed by atoms with Crippen molar-refractivity contribution < 1.29 is 9.59 Å². The zero-order valence-electron chi connectivity index (χ0n) is 17.1. The van der Waals surface area contributed by atoms with Gasteiger partial charge < -0.3 is 10.2 Å². The van der Waals surface area contributed by atoms with E-state index in [4.69, 9.17) is 0 Å². The molecule has 0 spiro atoms. The molecule has 3 aromatic rings. The second-order valence-corrected chi connectivity index (χ2v) is 7.26. The van der Waals surface area contributed by atoms with E-state index in [1.54, 1.807) is 24.2 Å². The van der Waals surface area contributed by atoms with Crippen molar-refractivity contribution >= 4 is 11.8 Å². The summed E-state index contributed by atoms with van der Waals surface area (Å²) in [4.78, 5) is 26.2. The fraction of sp³-hybridized carbons (Fsp3) is 0.261. The molecule has 2 amide bonds. The Morgan fingerprint density at radius 3 is 2.52 bits per heavy atom. The van der Waals surface area contributed by atoms with Crippen LogP contribution >= 0.6 is 0 Å². The molecule has 1 heterocycles. The molecule has 2 aromatic carbocycles. The van der Waals surface area contributed by atoms with Crippen LogP contribution in [0.1, 0.15) is 32.6 Å². The van der Waals surface area contributed by atoms with Crippen LogP contribution in [0.15, 0.2) is 60.9 Å². The van der Waals surface area contributed by atoms with Gasteiger partial charge in [0.05, 0.1) is 19.3 Å². The third kappa shape index (κ3) is 5.54. The Morgan fingerprint density at radius 2 is 1.79 bits per heavy atom. The topological polar surface area (TPSA) is 67.2 Å². The van der Waals surface area contributed by atoms with Crippen LogP contribution in [0.3, 0.4) is 0 Å². The molecule has 6 heteroatoms. The lowest BCUT2D eigenvalue weighted by Crippen LogP contribution is -2.37. The summed E-state index contributed by atoms with van der Waals surface area (Å²) in [6, 6.07) is 15.6. The summed E-state index contributed by atoms with van der Waals surface area (Å²) in [6.45, 7) is 5.04. The molecular weight excluding hydrogens is 364 g/mol. The summed E-state index contributed by atoms with van der Waals surface area (Å²) in [6.07, 6.45) is 3.70. The van der Waals surface area contributed by atoms with Gasteiger partial charge in [-0.25, -0.2) is 0 Å². The minimum atomic E-state index is -0.245. The number of aryl methyl sites for hydroxylation is 2. The Hall–Kier alpha value is -3.41. The minimum Gasteiger partial charge on any atom is -0.343 e. The number of hydrogen-bond donors (Lipinski definition) is 1. The van der Waals surface area contributed by atoms with Crippen molar-refractivity contribution in [1.82, 2.24) is 20.0 Å². The molecule has 0 bridgehead atoms. The van der Waals surface area contributed by atoms with Crippen LogP contribution < -0.4 is 5.32 Å². The minimum absolute atomic E-state index is 0.0413. The molecule has 0 atom stereocenters. The molecule has 0 saturated heterocycles. The lowest BCUT2D eigenvalue weighted by molar-refractivity contribution is -0.129. The van der Waals surface area contributed by atoms with Gasteiger partial charge in [-0.2, -0.15) is 5.10 Å². The molecule has 6 nitrogen and oxygen atoms in total. The monoisotopic (exact) mass is 390 g/mol. The van der Waals surface area contributed by atoms with Crippen LogP contribution in [0.25, 0.3) is 0 Å². The van der Waals surface area contributed by atoms with E-state index >= 15 is 0 Å². The third-order valence-corrected chi connectivity index (χ3v) is 4.89. The maximum atomic E-state index is 12.4. The average molecular weight is 390 g/mol. The van der Waals surface area contributed by atoms with Gasteiger partial charge in [-0.05, 0) is 42.7 Å². The maximum absolute atomic E-state index is 12.4. The number of amides is 2. The first-order valence-electron chi connectivity index (χ1n) is 9.57. The van der Waals surface area contributed by atoms with Gasteiger partial charge in [-0.15, -0.1) is 0 Å². The molecule has 150 valence electrons. The highest BCUT2D eigenvalue weighted by molar-refractivity contribution is 5.96. The lowest BCUT2D eigenvalue weighted by atomic mass is 10.1. The second-order valence-electron chi connectivity index (χ2n) is 7.26. The standard InChI is InChI=1S/C23H26N4O2/c1-17-9-10-21(11-18(17)2)23(29)24-13-22(28)26(3)14-20-12-25-27(16-20)15-19-7-5-4-6-8-19/h4-12,16H,13-15H2,1-3H3,(H,24,29). The normalized spacial score (nSPS) is 10.6. The van der Waals surface area contributed by atoms with Crippen LogP contribution in [0.4, 0.5) is 0 Å². The molecule has 0 aliphatic heterocycles. The van der Waals surface area contributed by atoms with E-state index in [2.05, 4.69) is 22.5 Å². The molecule has 0 fully saturated rings. The van der Waals surface area contributed by atoms with Crippen LogP contribution in [-0.2, 0) is 17.9 Å². The van der Waals surface area contributed by atoms with E-state index in [0.29, 0.717) is 18.7 Å². The molecule has 0 radical (unpaired) electrons. The number of rotatable bonds is 7. The van der Waals surface area contributed by atoms with E-state index in [9.17, 15) is 9.59 Å². The van der Waals surface area contributed by atoms with Gasteiger partial charge in [0, 0.05) is 30.9 Å². The predicted octanol–water partition coefficient (Wildman–Crippen LogP) is 2.94. The largest absolute Gasteiger partial charge is 0.343 e. The summed E-state index contributed by atoms with van der Waals surface area (Å²) in [5.41, 5.74) is 4.85. The van der Waals surface area contributed by atoms with Crippen molar-refractivity contribution in [3.8, 4) is 0 Å². The van der Waals surface area contributed by atoms with E-state index in [0.717, 1.165) is 16.7 Å².